The summed E-state index contributed by atoms with van der Waals surface area (Å²) in [7, 11) is 3.27. The molecule has 0 amide bonds. The molecule has 3 rings (SSSR count). The van der Waals surface area contributed by atoms with Gasteiger partial charge in [0.1, 0.15) is 0 Å². The van der Waals surface area contributed by atoms with Crippen LogP contribution in [0.4, 0.5) is 0 Å². The smallest absolute Gasteiger partial charge is 0.168 e. The summed E-state index contributed by atoms with van der Waals surface area (Å²) in [5.41, 5.74) is 8.78. The molecule has 5 nitrogen and oxygen atoms in total. The van der Waals surface area contributed by atoms with Crippen molar-refractivity contribution in [1.82, 2.24) is 0 Å². The van der Waals surface area contributed by atoms with E-state index in [0.29, 0.717) is 13.2 Å². The van der Waals surface area contributed by atoms with Gasteiger partial charge in [0.2, 0.25) is 0 Å². The van der Waals surface area contributed by atoms with Crippen molar-refractivity contribution in [1.29, 1.82) is 0 Å². The Bertz CT molecular complexity index is 775. The van der Waals surface area contributed by atoms with E-state index in [-0.39, 0.29) is 6.04 Å². The minimum Gasteiger partial charge on any atom is -0.493 e. The molecule has 0 aromatic heterocycles. The summed E-state index contributed by atoms with van der Waals surface area (Å²) in [6.07, 6.45) is 4.03. The number of aryl methyl sites for hydroxylation is 1. The Morgan fingerprint density at radius 1 is 0.966 bits per heavy atom. The van der Waals surface area contributed by atoms with Gasteiger partial charge in [-0.1, -0.05) is 29.8 Å². The van der Waals surface area contributed by atoms with E-state index in [1.165, 1.54) is 5.56 Å². The normalized spacial score (nSPS) is 16.6. The van der Waals surface area contributed by atoms with Crippen LogP contribution in [0, 0.1) is 0 Å². The fourth-order valence-electron chi connectivity index (χ4n) is 3.71. The fraction of sp³-hybridized carbons (Fsp3) is 0.478. The quantitative estimate of drug-likeness (QED) is 0.619. The third-order valence-corrected chi connectivity index (χ3v) is 5.62. The number of hydrogen-bond donors (Lipinski definition) is 1. The Balaban J connectivity index is 1.55. The van der Waals surface area contributed by atoms with Crippen molar-refractivity contribution >= 4 is 11.6 Å². The van der Waals surface area contributed by atoms with Crippen LogP contribution >= 0.6 is 11.6 Å². The molecule has 1 heterocycles. The first-order valence-electron chi connectivity index (χ1n) is 10.0. The highest BCUT2D eigenvalue weighted by Gasteiger charge is 2.36. The van der Waals surface area contributed by atoms with Gasteiger partial charge < -0.3 is 24.7 Å². The van der Waals surface area contributed by atoms with Crippen molar-refractivity contribution in [2.45, 2.75) is 43.9 Å². The van der Waals surface area contributed by atoms with E-state index in [9.17, 15) is 0 Å². The minimum atomic E-state index is -0.547. The van der Waals surface area contributed by atoms with Crippen LogP contribution in [0.5, 0.6) is 11.5 Å². The van der Waals surface area contributed by atoms with Gasteiger partial charge in [-0.3, -0.25) is 0 Å². The first-order chi connectivity index (χ1) is 14.0. The van der Waals surface area contributed by atoms with Crippen LogP contribution in [0.1, 0.15) is 30.4 Å². The molecule has 1 unspecified atom stereocenters. The Morgan fingerprint density at radius 2 is 1.62 bits per heavy atom. The highest BCUT2D eigenvalue weighted by atomic mass is 35.5. The van der Waals surface area contributed by atoms with E-state index in [4.69, 9.17) is 36.3 Å². The summed E-state index contributed by atoms with van der Waals surface area (Å²) in [6, 6.07) is 13.9. The summed E-state index contributed by atoms with van der Waals surface area (Å²) < 4.78 is 22.7. The van der Waals surface area contributed by atoms with Crippen LogP contribution in [0.25, 0.3) is 0 Å². The predicted octanol–water partition coefficient (Wildman–Crippen LogP) is 4.38. The van der Waals surface area contributed by atoms with Crippen LogP contribution in [0.3, 0.4) is 0 Å². The van der Waals surface area contributed by atoms with Gasteiger partial charge in [-0.25, -0.2) is 0 Å². The summed E-state index contributed by atoms with van der Waals surface area (Å²) in [5.74, 6) is 0.896. The van der Waals surface area contributed by atoms with Crippen LogP contribution in [-0.2, 0) is 22.3 Å². The van der Waals surface area contributed by atoms with Crippen LogP contribution in [0.2, 0.25) is 5.02 Å². The van der Waals surface area contributed by atoms with Crippen LogP contribution in [0.15, 0.2) is 42.5 Å². The van der Waals surface area contributed by atoms with Gasteiger partial charge >= 0.3 is 0 Å². The van der Waals surface area contributed by atoms with E-state index in [1.54, 1.807) is 14.2 Å². The van der Waals surface area contributed by atoms with E-state index in [1.807, 2.05) is 42.5 Å². The maximum atomic E-state index is 6.43. The molecule has 29 heavy (non-hydrogen) atoms. The molecule has 2 aromatic rings. The largest absolute Gasteiger partial charge is 0.493 e. The number of nitrogens with two attached hydrogens (primary N) is 1. The van der Waals surface area contributed by atoms with E-state index in [0.717, 1.165) is 54.2 Å². The number of hydrogen-bond acceptors (Lipinski definition) is 5. The third-order valence-electron chi connectivity index (χ3n) is 5.36. The maximum Gasteiger partial charge on any atom is 0.168 e. The number of methoxy groups -OCH3 is 2. The summed E-state index contributed by atoms with van der Waals surface area (Å²) >= 11 is 5.98. The van der Waals surface area contributed by atoms with Crippen molar-refractivity contribution in [3.63, 3.8) is 0 Å². The van der Waals surface area contributed by atoms with Crippen molar-refractivity contribution in [3.05, 3.63) is 58.6 Å². The number of ether oxygens (including phenoxy) is 4. The van der Waals surface area contributed by atoms with Crippen molar-refractivity contribution in [3.8, 4) is 11.5 Å². The molecule has 0 spiro atoms. The average Bonchev–Trinajstić information content (AvgIpc) is 3.21. The highest BCUT2D eigenvalue weighted by molar-refractivity contribution is 6.30. The maximum absolute atomic E-state index is 6.43. The van der Waals surface area contributed by atoms with Gasteiger partial charge in [0.25, 0.3) is 0 Å². The fourth-order valence-corrected chi connectivity index (χ4v) is 3.84. The molecule has 1 atom stereocenters. The Morgan fingerprint density at radius 3 is 2.28 bits per heavy atom. The number of halogens is 1. The van der Waals surface area contributed by atoms with Gasteiger partial charge in [0.05, 0.1) is 27.4 Å². The molecule has 2 N–H and O–H groups in total. The van der Waals surface area contributed by atoms with Gasteiger partial charge in [-0.15, -0.1) is 0 Å². The Kier molecular flexibility index (Phi) is 7.78. The second-order valence-corrected chi connectivity index (χ2v) is 7.86. The lowest BCUT2D eigenvalue weighted by Gasteiger charge is -2.29. The SMILES string of the molecule is COc1ccc(CC(N)CCC2(CCc3ccc(Cl)cc3)OCCO2)cc1OC. The van der Waals surface area contributed by atoms with E-state index < -0.39 is 5.79 Å². The molecule has 0 radical (unpaired) electrons. The lowest BCUT2D eigenvalue weighted by Crippen LogP contribution is -2.34. The summed E-state index contributed by atoms with van der Waals surface area (Å²) in [5, 5.41) is 0.748. The van der Waals surface area contributed by atoms with Crippen molar-refractivity contribution in [2.75, 3.05) is 27.4 Å². The number of rotatable bonds is 10. The molecule has 0 saturated carbocycles. The molecular weight excluding hydrogens is 390 g/mol. The second-order valence-electron chi connectivity index (χ2n) is 7.43. The molecule has 6 heteroatoms. The molecule has 1 aliphatic heterocycles. The highest BCUT2D eigenvalue weighted by Crippen LogP contribution is 2.32. The molecule has 0 aliphatic carbocycles. The molecule has 0 bridgehead atoms. The third kappa shape index (κ3) is 6.09. The topological polar surface area (TPSA) is 62.9 Å². The van der Waals surface area contributed by atoms with Crippen LogP contribution < -0.4 is 15.2 Å². The Hall–Kier alpha value is -1.79. The number of benzene rings is 2. The van der Waals surface area contributed by atoms with Gasteiger partial charge in [-0.05, 0) is 54.7 Å². The molecule has 2 aromatic carbocycles. The predicted molar refractivity (Wildman–Crippen MR) is 115 cm³/mol. The second kappa shape index (κ2) is 10.3. The average molecular weight is 420 g/mol. The Labute approximate surface area is 178 Å². The van der Waals surface area contributed by atoms with E-state index >= 15 is 0 Å². The first kappa shape index (κ1) is 21.9. The van der Waals surface area contributed by atoms with Crippen molar-refractivity contribution in [2.24, 2.45) is 5.73 Å². The summed E-state index contributed by atoms with van der Waals surface area (Å²) in [6.45, 7) is 1.26. The van der Waals surface area contributed by atoms with Crippen molar-refractivity contribution < 1.29 is 18.9 Å². The zero-order chi connectivity index (χ0) is 20.7. The minimum absolute atomic E-state index is 0.00769. The molecule has 1 fully saturated rings. The molecule has 1 aliphatic rings. The van der Waals surface area contributed by atoms with Gasteiger partial charge in [0.15, 0.2) is 17.3 Å². The van der Waals surface area contributed by atoms with Crippen LogP contribution in [-0.4, -0.2) is 39.3 Å². The summed E-state index contributed by atoms with van der Waals surface area (Å²) in [4.78, 5) is 0. The molecular formula is C23H30ClNO4. The lowest BCUT2D eigenvalue weighted by molar-refractivity contribution is -0.167. The first-order valence-corrected chi connectivity index (χ1v) is 10.4. The molecule has 1 saturated heterocycles. The van der Waals surface area contributed by atoms with Gasteiger partial charge in [0, 0.05) is 23.9 Å². The monoisotopic (exact) mass is 419 g/mol. The molecule has 158 valence electrons. The zero-order valence-corrected chi connectivity index (χ0v) is 17.9. The van der Waals surface area contributed by atoms with E-state index in [2.05, 4.69) is 0 Å². The standard InChI is InChI=1S/C23H30ClNO4/c1-26-21-8-5-18(16-22(21)27-2)15-20(25)10-12-23(28-13-14-29-23)11-9-17-3-6-19(24)7-4-17/h3-8,16,20H,9-15,25H2,1-2H3. The van der Waals surface area contributed by atoms with Gasteiger partial charge in [-0.2, -0.15) is 0 Å². The lowest BCUT2D eigenvalue weighted by atomic mass is 9.95. The zero-order valence-electron chi connectivity index (χ0n) is 17.2.